The number of carbonyl (C=O) groups is 1. The minimum absolute atomic E-state index is 0.0305. The van der Waals surface area contributed by atoms with Crippen molar-refractivity contribution in [2.75, 3.05) is 12.3 Å². The molecule has 1 saturated carbocycles. The van der Waals surface area contributed by atoms with Gasteiger partial charge in [0, 0.05) is 6.04 Å². The normalized spacial score (nSPS) is 21.3. The highest BCUT2D eigenvalue weighted by Crippen LogP contribution is 2.37. The number of benzene rings is 1. The number of fused-ring (bicyclic) bond motifs is 1. The van der Waals surface area contributed by atoms with Crippen LogP contribution in [0.4, 0.5) is 5.95 Å². The molecule has 1 fully saturated rings. The lowest BCUT2D eigenvalue weighted by Gasteiger charge is -2.27. The van der Waals surface area contributed by atoms with Gasteiger partial charge in [0.2, 0.25) is 5.95 Å². The molecule has 130 valence electrons. The molecule has 1 aliphatic carbocycles. The van der Waals surface area contributed by atoms with Crippen molar-refractivity contribution >= 4 is 23.0 Å². The van der Waals surface area contributed by atoms with E-state index >= 15 is 0 Å². The summed E-state index contributed by atoms with van der Waals surface area (Å²) in [4.78, 5) is 16.3. The largest absolute Gasteiger partial charge is 0.466 e. The fraction of sp³-hybridized carbons (Fsp3) is 0.579. The first kappa shape index (κ1) is 16.8. The molecular weight excluding hydrogens is 302 g/mol. The highest BCUT2D eigenvalue weighted by atomic mass is 16.5. The van der Waals surface area contributed by atoms with Crippen LogP contribution in [0.3, 0.4) is 0 Å². The predicted molar refractivity (Wildman–Crippen MR) is 95.9 cm³/mol. The summed E-state index contributed by atoms with van der Waals surface area (Å²) in [7, 11) is 0. The summed E-state index contributed by atoms with van der Waals surface area (Å²) in [6, 6.07) is 6.74. The van der Waals surface area contributed by atoms with E-state index in [1.165, 1.54) is 5.56 Å². The summed E-state index contributed by atoms with van der Waals surface area (Å²) in [6.07, 6.45) is 3.88. The van der Waals surface area contributed by atoms with Gasteiger partial charge in [-0.1, -0.05) is 6.07 Å². The van der Waals surface area contributed by atoms with E-state index in [4.69, 9.17) is 10.5 Å². The number of hydrogen-bond donors (Lipinski definition) is 1. The molecule has 0 aliphatic heterocycles. The lowest BCUT2D eigenvalue weighted by atomic mass is 9.78. The second kappa shape index (κ2) is 6.83. The van der Waals surface area contributed by atoms with Crippen LogP contribution in [-0.2, 0) is 9.53 Å². The number of nitrogens with zero attached hydrogens (tertiary/aromatic N) is 2. The Bertz CT molecular complexity index is 728. The lowest BCUT2D eigenvalue weighted by molar-refractivity contribution is -0.149. The zero-order chi connectivity index (χ0) is 17.3. The summed E-state index contributed by atoms with van der Waals surface area (Å²) >= 11 is 0. The van der Waals surface area contributed by atoms with E-state index < -0.39 is 0 Å². The van der Waals surface area contributed by atoms with Gasteiger partial charge < -0.3 is 15.0 Å². The number of ether oxygens (including phenoxy) is 1. The van der Waals surface area contributed by atoms with Gasteiger partial charge in [-0.05, 0) is 70.1 Å². The lowest BCUT2D eigenvalue weighted by Crippen LogP contribution is -2.23. The maximum Gasteiger partial charge on any atom is 0.308 e. The third kappa shape index (κ3) is 3.12. The number of nitrogen functional groups attached to an aromatic ring is 1. The zero-order valence-electron chi connectivity index (χ0n) is 14.8. The molecule has 2 aromatic rings. The molecular formula is C19H27N3O2. The summed E-state index contributed by atoms with van der Waals surface area (Å²) in [5.74, 6) is 1.11. The van der Waals surface area contributed by atoms with Crippen LogP contribution >= 0.6 is 0 Å². The minimum atomic E-state index is -0.0305. The van der Waals surface area contributed by atoms with Crippen molar-refractivity contribution in [2.24, 2.45) is 5.92 Å². The number of imidazole rings is 1. The summed E-state index contributed by atoms with van der Waals surface area (Å²) < 4.78 is 7.25. The Hall–Kier alpha value is -2.04. The van der Waals surface area contributed by atoms with Crippen molar-refractivity contribution in [1.29, 1.82) is 0 Å². The number of esters is 1. The molecule has 5 heteroatoms. The van der Waals surface area contributed by atoms with E-state index in [0.717, 1.165) is 36.7 Å². The van der Waals surface area contributed by atoms with Crippen LogP contribution in [-0.4, -0.2) is 22.1 Å². The van der Waals surface area contributed by atoms with E-state index in [0.29, 0.717) is 18.5 Å². The number of anilines is 1. The second-order valence-electron chi connectivity index (χ2n) is 6.98. The van der Waals surface area contributed by atoms with Gasteiger partial charge in [-0.3, -0.25) is 4.79 Å². The summed E-state index contributed by atoms with van der Waals surface area (Å²) in [5, 5.41) is 0. The molecule has 1 aromatic heterocycles. The van der Waals surface area contributed by atoms with Gasteiger partial charge in [-0.25, -0.2) is 4.98 Å². The minimum Gasteiger partial charge on any atom is -0.466 e. The first-order valence-corrected chi connectivity index (χ1v) is 8.95. The molecule has 0 saturated heterocycles. The second-order valence-corrected chi connectivity index (χ2v) is 6.98. The van der Waals surface area contributed by atoms with Crippen LogP contribution in [0.2, 0.25) is 0 Å². The Morgan fingerprint density at radius 1 is 1.33 bits per heavy atom. The monoisotopic (exact) mass is 329 g/mol. The molecule has 5 nitrogen and oxygen atoms in total. The van der Waals surface area contributed by atoms with Crippen molar-refractivity contribution in [3.8, 4) is 0 Å². The zero-order valence-corrected chi connectivity index (χ0v) is 14.8. The predicted octanol–water partition coefficient (Wildman–Crippen LogP) is 4.04. The highest BCUT2D eigenvalue weighted by Gasteiger charge is 2.28. The molecule has 24 heavy (non-hydrogen) atoms. The molecule has 0 unspecified atom stereocenters. The Morgan fingerprint density at radius 3 is 2.67 bits per heavy atom. The van der Waals surface area contributed by atoms with Gasteiger partial charge in [-0.15, -0.1) is 0 Å². The number of nitrogens with two attached hydrogens (primary N) is 1. The van der Waals surface area contributed by atoms with Crippen LogP contribution in [0.25, 0.3) is 11.0 Å². The maximum atomic E-state index is 11.9. The average molecular weight is 329 g/mol. The van der Waals surface area contributed by atoms with Crippen LogP contribution in [0, 0.1) is 5.92 Å². The molecule has 0 atom stereocenters. The Labute approximate surface area is 143 Å². The average Bonchev–Trinajstić information content (AvgIpc) is 2.90. The fourth-order valence-corrected chi connectivity index (χ4v) is 3.85. The van der Waals surface area contributed by atoms with Gasteiger partial charge >= 0.3 is 5.97 Å². The van der Waals surface area contributed by atoms with Crippen LogP contribution in [0.5, 0.6) is 0 Å². The number of carbonyl (C=O) groups excluding carboxylic acids is 1. The van der Waals surface area contributed by atoms with Crippen molar-refractivity contribution in [2.45, 2.75) is 58.4 Å². The molecule has 0 radical (unpaired) electrons. The summed E-state index contributed by atoms with van der Waals surface area (Å²) in [5.41, 5.74) is 9.44. The Kier molecular flexibility index (Phi) is 4.78. The Morgan fingerprint density at radius 2 is 2.04 bits per heavy atom. The van der Waals surface area contributed by atoms with Crippen molar-refractivity contribution in [1.82, 2.24) is 9.55 Å². The van der Waals surface area contributed by atoms with Crippen molar-refractivity contribution < 1.29 is 9.53 Å². The van der Waals surface area contributed by atoms with Crippen LogP contribution in [0.1, 0.15) is 64.0 Å². The number of hydrogen-bond acceptors (Lipinski definition) is 4. The van der Waals surface area contributed by atoms with E-state index in [2.05, 4.69) is 41.6 Å². The molecule has 3 rings (SSSR count). The van der Waals surface area contributed by atoms with Crippen LogP contribution in [0.15, 0.2) is 18.2 Å². The molecule has 0 amide bonds. The van der Waals surface area contributed by atoms with Gasteiger partial charge in [0.25, 0.3) is 0 Å². The number of aromatic nitrogens is 2. The molecule has 1 aromatic carbocycles. The third-order valence-electron chi connectivity index (χ3n) is 5.08. The maximum absolute atomic E-state index is 11.9. The molecule has 0 spiro atoms. The summed E-state index contributed by atoms with van der Waals surface area (Å²) in [6.45, 7) is 6.57. The molecule has 1 aliphatic rings. The van der Waals surface area contributed by atoms with E-state index in [1.54, 1.807) is 0 Å². The van der Waals surface area contributed by atoms with Gasteiger partial charge in [-0.2, -0.15) is 0 Å². The van der Waals surface area contributed by atoms with E-state index in [9.17, 15) is 4.79 Å². The van der Waals surface area contributed by atoms with Crippen molar-refractivity contribution in [3.05, 3.63) is 23.8 Å². The first-order valence-electron chi connectivity index (χ1n) is 8.95. The smallest absolute Gasteiger partial charge is 0.308 e. The van der Waals surface area contributed by atoms with Gasteiger partial charge in [0.15, 0.2) is 0 Å². The van der Waals surface area contributed by atoms with Gasteiger partial charge in [0.05, 0.1) is 23.6 Å². The third-order valence-corrected chi connectivity index (χ3v) is 5.08. The molecule has 0 bridgehead atoms. The quantitative estimate of drug-likeness (QED) is 0.860. The highest BCUT2D eigenvalue weighted by molar-refractivity contribution is 5.79. The topological polar surface area (TPSA) is 70.1 Å². The number of rotatable bonds is 4. The Balaban J connectivity index is 1.79. The van der Waals surface area contributed by atoms with Gasteiger partial charge in [0.1, 0.15) is 0 Å². The van der Waals surface area contributed by atoms with Crippen LogP contribution < -0.4 is 5.73 Å². The van der Waals surface area contributed by atoms with Crippen molar-refractivity contribution in [3.63, 3.8) is 0 Å². The standard InChI is InChI=1S/C19H27N3O2/c1-4-24-18(23)14-7-5-13(6-8-14)15-9-10-16-17(11-15)22(12(2)3)19(20)21-16/h9-14H,4-8H2,1-3H3,(H2,20,21). The van der Waals surface area contributed by atoms with E-state index in [1.807, 2.05) is 6.92 Å². The molecule has 1 heterocycles. The fourth-order valence-electron chi connectivity index (χ4n) is 3.85. The SMILES string of the molecule is CCOC(=O)C1CCC(c2ccc3nc(N)n(C(C)C)c3c2)CC1. The van der Waals surface area contributed by atoms with E-state index in [-0.39, 0.29) is 17.9 Å². The first-order chi connectivity index (χ1) is 11.5. The molecule has 2 N–H and O–H groups in total.